The maximum Gasteiger partial charge on any atom is 0.352 e. The summed E-state index contributed by atoms with van der Waals surface area (Å²) in [4.78, 5) is 25.3. The van der Waals surface area contributed by atoms with E-state index >= 15 is 0 Å². The molecule has 2 aromatic heterocycles. The fourth-order valence-corrected chi connectivity index (χ4v) is 3.85. The average Bonchev–Trinajstić information content (AvgIpc) is 3.37. The molecule has 7 nitrogen and oxygen atoms in total. The molecule has 0 saturated heterocycles. The summed E-state index contributed by atoms with van der Waals surface area (Å²) in [6, 6.07) is 11.0. The summed E-state index contributed by atoms with van der Waals surface area (Å²) in [5.74, 6) is -1.08. The second-order valence-electron chi connectivity index (χ2n) is 6.33. The molecule has 1 amide bonds. The van der Waals surface area contributed by atoms with Crippen molar-refractivity contribution in [1.29, 1.82) is 0 Å². The number of nitrogens with zero attached hydrogens (tertiary/aromatic N) is 2. The van der Waals surface area contributed by atoms with Crippen molar-refractivity contribution in [1.82, 2.24) is 9.78 Å². The van der Waals surface area contributed by atoms with Crippen molar-refractivity contribution in [3.63, 3.8) is 0 Å². The zero-order valence-corrected chi connectivity index (χ0v) is 15.9. The van der Waals surface area contributed by atoms with Crippen LogP contribution in [0, 0.1) is 0 Å². The number of carbonyl (C=O) groups excluding carboxylic acids is 1. The van der Waals surface area contributed by atoms with E-state index in [0.717, 1.165) is 11.3 Å². The average molecular weight is 394 g/mol. The van der Waals surface area contributed by atoms with Gasteiger partial charge in [-0.15, -0.1) is 11.3 Å². The lowest BCUT2D eigenvalue weighted by molar-refractivity contribution is -0.132. The quantitative estimate of drug-likeness (QED) is 0.613. The van der Waals surface area contributed by atoms with Crippen molar-refractivity contribution in [2.24, 2.45) is 0 Å². The number of amides is 1. The van der Waals surface area contributed by atoms with Crippen LogP contribution < -0.4 is 10.6 Å². The molecule has 0 saturated carbocycles. The molecule has 1 aromatic carbocycles. The van der Waals surface area contributed by atoms with Gasteiger partial charge >= 0.3 is 5.97 Å². The fourth-order valence-electron chi connectivity index (χ4n) is 3.07. The van der Waals surface area contributed by atoms with E-state index in [1.54, 1.807) is 10.8 Å². The van der Waals surface area contributed by atoms with Gasteiger partial charge in [-0.2, -0.15) is 5.10 Å². The van der Waals surface area contributed by atoms with Gasteiger partial charge in [0.05, 0.1) is 6.20 Å². The lowest BCUT2D eigenvalue weighted by Gasteiger charge is -2.23. The van der Waals surface area contributed by atoms with E-state index in [1.165, 1.54) is 23.1 Å². The van der Waals surface area contributed by atoms with Crippen LogP contribution in [-0.4, -0.2) is 26.8 Å². The Hall–Kier alpha value is -3.39. The molecule has 3 N–H and O–H groups in total. The van der Waals surface area contributed by atoms with E-state index in [9.17, 15) is 14.7 Å². The molecular weight excluding hydrogens is 376 g/mol. The molecule has 1 atom stereocenters. The number of aromatic nitrogens is 2. The molecule has 3 aromatic rings. The van der Waals surface area contributed by atoms with Crippen LogP contribution in [0.3, 0.4) is 0 Å². The van der Waals surface area contributed by atoms with Gasteiger partial charge in [-0.05, 0) is 41.6 Å². The van der Waals surface area contributed by atoms with Gasteiger partial charge in [0, 0.05) is 10.6 Å². The largest absolute Gasteiger partial charge is 0.477 e. The Labute approximate surface area is 165 Å². The SMILES string of the molecule is CCc1ccc(NC(=O)c2cnn3c2NC(C(=O)O)=CC3c2cccs2)cc1. The summed E-state index contributed by atoms with van der Waals surface area (Å²) in [5.41, 5.74) is 2.15. The first-order valence-corrected chi connectivity index (χ1v) is 9.68. The number of allylic oxidation sites excluding steroid dienone is 1. The first-order chi connectivity index (χ1) is 13.6. The van der Waals surface area contributed by atoms with Crippen molar-refractivity contribution in [2.45, 2.75) is 19.4 Å². The molecule has 28 heavy (non-hydrogen) atoms. The van der Waals surface area contributed by atoms with Gasteiger partial charge in [-0.3, -0.25) is 4.79 Å². The molecule has 1 aliphatic rings. The van der Waals surface area contributed by atoms with Gasteiger partial charge in [0.25, 0.3) is 5.91 Å². The minimum absolute atomic E-state index is 0.0211. The van der Waals surface area contributed by atoms with E-state index in [2.05, 4.69) is 22.7 Å². The molecular formula is C20H18N4O3S. The van der Waals surface area contributed by atoms with Gasteiger partial charge in [-0.1, -0.05) is 25.1 Å². The van der Waals surface area contributed by atoms with Gasteiger partial charge in [-0.25, -0.2) is 9.48 Å². The number of carboxylic acids is 1. The van der Waals surface area contributed by atoms with E-state index < -0.39 is 5.97 Å². The monoisotopic (exact) mass is 394 g/mol. The Morgan fingerprint density at radius 1 is 1.29 bits per heavy atom. The second-order valence-corrected chi connectivity index (χ2v) is 7.31. The van der Waals surface area contributed by atoms with Crippen LogP contribution in [-0.2, 0) is 11.2 Å². The zero-order valence-electron chi connectivity index (χ0n) is 15.0. The van der Waals surface area contributed by atoms with E-state index in [0.29, 0.717) is 11.5 Å². The molecule has 1 aliphatic heterocycles. The second kappa shape index (κ2) is 7.32. The highest BCUT2D eigenvalue weighted by atomic mass is 32.1. The number of fused-ring (bicyclic) bond motifs is 1. The Balaban J connectivity index is 1.66. The standard InChI is InChI=1S/C20H18N4O3S/c1-2-12-5-7-13(8-6-12)22-19(25)14-11-21-24-16(17-4-3-9-28-17)10-15(20(26)27)23-18(14)24/h3-11,16,23H,2H2,1H3,(H,22,25)(H,26,27). The number of aryl methyl sites for hydroxylation is 1. The lowest BCUT2D eigenvalue weighted by Crippen LogP contribution is -2.25. The highest BCUT2D eigenvalue weighted by Gasteiger charge is 2.29. The Bertz CT molecular complexity index is 1050. The smallest absolute Gasteiger partial charge is 0.352 e. The van der Waals surface area contributed by atoms with Gasteiger partial charge in [0.2, 0.25) is 0 Å². The first kappa shape index (κ1) is 18.0. The predicted octanol–water partition coefficient (Wildman–Crippen LogP) is 3.74. The van der Waals surface area contributed by atoms with Crippen LogP contribution in [0.2, 0.25) is 0 Å². The lowest BCUT2D eigenvalue weighted by atomic mass is 10.1. The number of benzene rings is 1. The summed E-state index contributed by atoms with van der Waals surface area (Å²) in [7, 11) is 0. The van der Waals surface area contributed by atoms with Crippen LogP contribution in [0.15, 0.2) is 59.7 Å². The molecule has 0 bridgehead atoms. The van der Waals surface area contributed by atoms with E-state index in [4.69, 9.17) is 0 Å². The molecule has 8 heteroatoms. The molecule has 4 rings (SSSR count). The van der Waals surface area contributed by atoms with Crippen LogP contribution >= 0.6 is 11.3 Å². The van der Waals surface area contributed by atoms with Crippen LogP contribution in [0.1, 0.15) is 33.8 Å². The minimum Gasteiger partial charge on any atom is -0.477 e. The first-order valence-electron chi connectivity index (χ1n) is 8.80. The number of thiophene rings is 1. The van der Waals surface area contributed by atoms with Crippen LogP contribution in [0.4, 0.5) is 11.5 Å². The zero-order chi connectivity index (χ0) is 19.7. The van der Waals surface area contributed by atoms with Crippen molar-refractivity contribution in [3.8, 4) is 0 Å². The number of rotatable bonds is 5. The third-order valence-corrected chi connectivity index (χ3v) is 5.51. The number of hydrogen-bond acceptors (Lipinski definition) is 5. The summed E-state index contributed by atoms with van der Waals surface area (Å²) in [6.07, 6.45) is 3.97. The number of carboxylic acid groups (broad SMARTS) is 1. The Kier molecular flexibility index (Phi) is 4.70. The Morgan fingerprint density at radius 3 is 2.71 bits per heavy atom. The normalized spacial score (nSPS) is 15.3. The number of carbonyl (C=O) groups is 2. The molecule has 3 heterocycles. The van der Waals surface area contributed by atoms with E-state index in [1.807, 2.05) is 41.8 Å². The molecule has 0 fully saturated rings. The van der Waals surface area contributed by atoms with Gasteiger partial charge in [0.15, 0.2) is 0 Å². The van der Waals surface area contributed by atoms with Crippen LogP contribution in [0.5, 0.6) is 0 Å². The van der Waals surface area contributed by atoms with Gasteiger partial charge < -0.3 is 15.7 Å². The number of anilines is 2. The maximum atomic E-state index is 12.8. The van der Waals surface area contributed by atoms with Gasteiger partial charge in [0.1, 0.15) is 23.1 Å². The van der Waals surface area contributed by atoms with Crippen molar-refractivity contribution in [3.05, 3.63) is 75.8 Å². The predicted molar refractivity (Wildman–Crippen MR) is 108 cm³/mol. The summed E-state index contributed by atoms with van der Waals surface area (Å²) < 4.78 is 1.63. The molecule has 1 unspecified atom stereocenters. The molecule has 142 valence electrons. The number of nitrogens with one attached hydrogen (secondary N) is 2. The van der Waals surface area contributed by atoms with Crippen molar-refractivity contribution >= 4 is 34.7 Å². The summed E-state index contributed by atoms with van der Waals surface area (Å²) >= 11 is 1.50. The minimum atomic E-state index is -1.09. The third kappa shape index (κ3) is 3.29. The summed E-state index contributed by atoms with van der Waals surface area (Å²) in [6.45, 7) is 2.07. The summed E-state index contributed by atoms with van der Waals surface area (Å²) in [5, 5.41) is 21.4. The molecule has 0 radical (unpaired) electrons. The number of aliphatic carboxylic acids is 1. The highest BCUT2D eigenvalue weighted by molar-refractivity contribution is 7.10. The Morgan fingerprint density at radius 2 is 2.07 bits per heavy atom. The van der Waals surface area contributed by atoms with Crippen molar-refractivity contribution in [2.75, 3.05) is 10.6 Å². The maximum absolute atomic E-state index is 12.8. The van der Waals surface area contributed by atoms with E-state index in [-0.39, 0.29) is 23.2 Å². The van der Waals surface area contributed by atoms with Crippen molar-refractivity contribution < 1.29 is 14.7 Å². The topological polar surface area (TPSA) is 96.3 Å². The molecule has 0 spiro atoms. The molecule has 0 aliphatic carbocycles. The van der Waals surface area contributed by atoms with Crippen LogP contribution in [0.25, 0.3) is 0 Å². The fraction of sp³-hybridized carbons (Fsp3) is 0.150. The third-order valence-electron chi connectivity index (χ3n) is 4.57. The number of hydrogen-bond donors (Lipinski definition) is 3. The highest BCUT2D eigenvalue weighted by Crippen LogP contribution is 2.34.